The van der Waals surface area contributed by atoms with E-state index in [-0.39, 0.29) is 35.3 Å². The Labute approximate surface area is 172 Å². The van der Waals surface area contributed by atoms with Crippen molar-refractivity contribution in [3.8, 4) is 11.3 Å². The number of anilines is 1. The Balaban J connectivity index is 1.85. The molecule has 2 amide bonds. The van der Waals surface area contributed by atoms with E-state index in [1.807, 2.05) is 10.9 Å². The van der Waals surface area contributed by atoms with Crippen LogP contribution in [0.25, 0.3) is 11.3 Å². The minimum Gasteiger partial charge on any atom is -0.364 e. The molecule has 0 fully saturated rings. The molecule has 3 aromatic rings. The molecule has 0 spiro atoms. The third-order valence-corrected chi connectivity index (χ3v) is 4.11. The molecule has 0 bridgehead atoms. The molecule has 1 aromatic heterocycles. The molecule has 0 atom stereocenters. The lowest BCUT2D eigenvalue weighted by atomic mass is 10.1. The number of nitrogens with one attached hydrogen (secondary N) is 2. The summed E-state index contributed by atoms with van der Waals surface area (Å²) in [5.41, 5.74) is 14.0. The van der Waals surface area contributed by atoms with E-state index < -0.39 is 40.8 Å². The third kappa shape index (κ3) is 4.43. The van der Waals surface area contributed by atoms with Crippen molar-refractivity contribution in [3.05, 3.63) is 76.7 Å². The highest BCUT2D eigenvalue weighted by atomic mass is 19.2. The molecule has 6 N–H and O–H groups in total. The molecule has 2 aromatic carbocycles. The van der Waals surface area contributed by atoms with Gasteiger partial charge in [0.05, 0.1) is 17.6 Å². The summed E-state index contributed by atoms with van der Waals surface area (Å²) in [6, 6.07) is 5.76. The predicted molar refractivity (Wildman–Crippen MR) is 101 cm³/mol. The number of aromatic nitrogens is 2. The topological polar surface area (TPSA) is 136 Å². The Morgan fingerprint density at radius 3 is 2.32 bits per heavy atom. The van der Waals surface area contributed by atoms with Crippen LogP contribution in [0.15, 0.2) is 36.5 Å². The molecule has 0 aliphatic rings. The van der Waals surface area contributed by atoms with Gasteiger partial charge >= 0.3 is 0 Å². The minimum absolute atomic E-state index is 0.00647. The van der Waals surface area contributed by atoms with Gasteiger partial charge in [0.15, 0.2) is 29.0 Å². The third-order valence-electron chi connectivity index (χ3n) is 4.11. The number of halogens is 4. The molecule has 0 radical (unpaired) electrons. The first-order chi connectivity index (χ1) is 14.7. The summed E-state index contributed by atoms with van der Waals surface area (Å²) in [6.45, 7) is -0.0620. The maximum absolute atomic E-state index is 13.7. The van der Waals surface area contributed by atoms with E-state index in [1.54, 1.807) is 6.07 Å². The van der Waals surface area contributed by atoms with Crippen molar-refractivity contribution in [1.29, 1.82) is 0 Å². The fourth-order valence-electron chi connectivity index (χ4n) is 2.59. The average molecular weight is 434 g/mol. The lowest BCUT2D eigenvalue weighted by Gasteiger charge is -2.12. The molecular formula is C19H14F4N6O2. The first kappa shape index (κ1) is 21.6. The van der Waals surface area contributed by atoms with Crippen molar-refractivity contribution in [1.82, 2.24) is 15.4 Å². The smallest absolute Gasteiger partial charge is 0.269 e. The number of benzene rings is 2. The van der Waals surface area contributed by atoms with Crippen LogP contribution in [0.5, 0.6) is 0 Å². The largest absolute Gasteiger partial charge is 0.364 e. The van der Waals surface area contributed by atoms with Gasteiger partial charge in [0, 0.05) is 23.7 Å². The lowest BCUT2D eigenvalue weighted by molar-refractivity contribution is 0.0960. The number of amides is 2. The Bertz CT molecular complexity index is 1160. The van der Waals surface area contributed by atoms with Crippen molar-refractivity contribution in [3.63, 3.8) is 0 Å². The number of hydrogen-bond donors (Lipinski definition) is 4. The van der Waals surface area contributed by atoms with Gasteiger partial charge in [-0.25, -0.2) is 22.5 Å². The second kappa shape index (κ2) is 8.75. The molecule has 1 heterocycles. The van der Waals surface area contributed by atoms with E-state index >= 15 is 0 Å². The Hall–Kier alpha value is -4.06. The van der Waals surface area contributed by atoms with Crippen LogP contribution in [-0.4, -0.2) is 21.8 Å². The first-order valence-corrected chi connectivity index (χ1v) is 8.58. The number of nitrogens with zero attached hydrogens (tertiary/aromatic N) is 2. The first-order valence-electron chi connectivity index (χ1n) is 8.58. The van der Waals surface area contributed by atoms with Gasteiger partial charge in [-0.05, 0) is 12.1 Å². The van der Waals surface area contributed by atoms with Gasteiger partial charge < -0.3 is 11.5 Å². The highest BCUT2D eigenvalue weighted by Gasteiger charge is 2.20. The number of primary amides is 1. The molecule has 0 aliphatic heterocycles. The standard InChI is InChI=1S/C19H14F4N6O2/c20-10-5-11(21)15(23)17(14(10)22)28-29-19(31)9-3-1-2-8(4-9)13-7-26-12(6-24)16(27-13)18(25)30/h1-5,7,28H,6,24H2,(H2,25,30)(H,29,31). The van der Waals surface area contributed by atoms with Gasteiger partial charge in [0.25, 0.3) is 11.8 Å². The van der Waals surface area contributed by atoms with Crippen molar-refractivity contribution in [2.75, 3.05) is 5.43 Å². The molecule has 12 heteroatoms. The molecule has 160 valence electrons. The Morgan fingerprint density at radius 1 is 1.03 bits per heavy atom. The van der Waals surface area contributed by atoms with Gasteiger partial charge in [-0.3, -0.25) is 25.4 Å². The van der Waals surface area contributed by atoms with Crippen LogP contribution in [0.1, 0.15) is 26.5 Å². The monoisotopic (exact) mass is 434 g/mol. The van der Waals surface area contributed by atoms with Crippen molar-refractivity contribution in [2.24, 2.45) is 11.5 Å². The zero-order valence-corrected chi connectivity index (χ0v) is 15.5. The molecule has 0 aliphatic carbocycles. The lowest BCUT2D eigenvalue weighted by Crippen LogP contribution is -2.30. The molecule has 0 saturated heterocycles. The van der Waals surface area contributed by atoms with Gasteiger partial charge in [0.2, 0.25) is 0 Å². The van der Waals surface area contributed by atoms with Crippen LogP contribution in [-0.2, 0) is 6.54 Å². The SMILES string of the molecule is NCc1ncc(-c2cccc(C(=O)NNc3c(F)c(F)cc(F)c3F)c2)nc1C(N)=O. The normalized spacial score (nSPS) is 10.6. The summed E-state index contributed by atoms with van der Waals surface area (Å²) in [6.07, 6.45) is 1.32. The van der Waals surface area contributed by atoms with Gasteiger partial charge in [-0.15, -0.1) is 0 Å². The molecule has 31 heavy (non-hydrogen) atoms. The summed E-state index contributed by atoms with van der Waals surface area (Å²) in [5.74, 6) is -8.40. The molecule has 3 rings (SSSR count). The number of nitrogens with two attached hydrogens (primary N) is 2. The number of hydrazine groups is 1. The minimum atomic E-state index is -1.71. The maximum Gasteiger partial charge on any atom is 0.269 e. The second-order valence-corrected chi connectivity index (χ2v) is 6.12. The quantitative estimate of drug-likeness (QED) is 0.266. The predicted octanol–water partition coefficient (Wildman–Crippen LogP) is 2.01. The number of hydrogen-bond acceptors (Lipinski definition) is 6. The maximum atomic E-state index is 13.7. The molecule has 8 nitrogen and oxygen atoms in total. The van der Waals surface area contributed by atoms with Crippen LogP contribution in [0.3, 0.4) is 0 Å². The van der Waals surface area contributed by atoms with E-state index in [0.29, 0.717) is 5.56 Å². The number of carbonyl (C=O) groups excluding carboxylic acids is 2. The zero-order valence-electron chi connectivity index (χ0n) is 15.5. The summed E-state index contributed by atoms with van der Waals surface area (Å²) in [5, 5.41) is 0. The van der Waals surface area contributed by atoms with Gasteiger partial charge in [0.1, 0.15) is 5.69 Å². The molecule has 0 saturated carbocycles. The van der Waals surface area contributed by atoms with E-state index in [0.717, 1.165) is 0 Å². The van der Waals surface area contributed by atoms with E-state index in [2.05, 4.69) is 9.97 Å². The van der Waals surface area contributed by atoms with Crippen LogP contribution in [0.2, 0.25) is 0 Å². The van der Waals surface area contributed by atoms with Crippen LogP contribution < -0.4 is 22.3 Å². The van der Waals surface area contributed by atoms with E-state index in [1.165, 1.54) is 24.4 Å². The second-order valence-electron chi connectivity index (χ2n) is 6.12. The fourth-order valence-corrected chi connectivity index (χ4v) is 2.59. The van der Waals surface area contributed by atoms with Gasteiger partial charge in [-0.2, -0.15) is 0 Å². The Kier molecular flexibility index (Phi) is 6.11. The molecule has 0 unspecified atom stereocenters. The Morgan fingerprint density at radius 2 is 1.71 bits per heavy atom. The summed E-state index contributed by atoms with van der Waals surface area (Å²) >= 11 is 0. The van der Waals surface area contributed by atoms with E-state index in [9.17, 15) is 27.2 Å². The van der Waals surface area contributed by atoms with Crippen LogP contribution in [0, 0.1) is 23.3 Å². The van der Waals surface area contributed by atoms with E-state index in [4.69, 9.17) is 11.5 Å². The van der Waals surface area contributed by atoms with Crippen molar-refractivity contribution in [2.45, 2.75) is 6.54 Å². The summed E-state index contributed by atoms with van der Waals surface area (Å²) in [7, 11) is 0. The highest BCUT2D eigenvalue weighted by molar-refractivity contribution is 5.96. The van der Waals surface area contributed by atoms with Crippen molar-refractivity contribution >= 4 is 17.5 Å². The fraction of sp³-hybridized carbons (Fsp3) is 0.0526. The summed E-state index contributed by atoms with van der Waals surface area (Å²) in [4.78, 5) is 32.0. The zero-order chi connectivity index (χ0) is 22.7. The van der Waals surface area contributed by atoms with Crippen LogP contribution >= 0.6 is 0 Å². The summed E-state index contributed by atoms with van der Waals surface area (Å²) < 4.78 is 53.9. The molecular weight excluding hydrogens is 420 g/mol. The highest BCUT2D eigenvalue weighted by Crippen LogP contribution is 2.24. The average Bonchev–Trinajstić information content (AvgIpc) is 2.77. The number of carbonyl (C=O) groups is 2. The number of rotatable bonds is 6. The van der Waals surface area contributed by atoms with Gasteiger partial charge in [-0.1, -0.05) is 12.1 Å². The van der Waals surface area contributed by atoms with Crippen molar-refractivity contribution < 1.29 is 27.2 Å². The van der Waals surface area contributed by atoms with Crippen LogP contribution in [0.4, 0.5) is 23.2 Å².